The van der Waals surface area contributed by atoms with E-state index in [-0.39, 0.29) is 12.1 Å². The minimum atomic E-state index is -3.39. The van der Waals surface area contributed by atoms with Crippen LogP contribution >= 0.6 is 0 Å². The van der Waals surface area contributed by atoms with Crippen molar-refractivity contribution in [1.82, 2.24) is 9.21 Å². The van der Waals surface area contributed by atoms with Crippen molar-refractivity contribution in [2.45, 2.75) is 37.2 Å². The van der Waals surface area contributed by atoms with Gasteiger partial charge in [-0.1, -0.05) is 18.2 Å². The molecule has 0 saturated carbocycles. The van der Waals surface area contributed by atoms with Gasteiger partial charge < -0.3 is 4.74 Å². The maximum absolute atomic E-state index is 12.7. The van der Waals surface area contributed by atoms with Crippen molar-refractivity contribution in [2.24, 2.45) is 0 Å². The molecule has 0 bridgehead atoms. The van der Waals surface area contributed by atoms with Crippen LogP contribution in [0.2, 0.25) is 0 Å². The molecule has 0 N–H and O–H groups in total. The van der Waals surface area contributed by atoms with Gasteiger partial charge in [-0.3, -0.25) is 4.90 Å². The third kappa shape index (κ3) is 3.87. The van der Waals surface area contributed by atoms with Gasteiger partial charge >= 0.3 is 0 Å². The van der Waals surface area contributed by atoms with Crippen molar-refractivity contribution in [3.8, 4) is 0 Å². The van der Waals surface area contributed by atoms with E-state index in [9.17, 15) is 8.42 Å². The van der Waals surface area contributed by atoms with Gasteiger partial charge in [0.25, 0.3) is 0 Å². The van der Waals surface area contributed by atoms with Gasteiger partial charge in [0.05, 0.1) is 4.90 Å². The maximum atomic E-state index is 12.7. The molecule has 124 valence electrons. The Kier molecular flexibility index (Phi) is 5.97. The molecule has 5 nitrogen and oxygen atoms in total. The van der Waals surface area contributed by atoms with E-state index < -0.39 is 10.0 Å². The lowest BCUT2D eigenvalue weighted by Gasteiger charge is -2.43. The zero-order valence-electron chi connectivity index (χ0n) is 13.6. The Morgan fingerprint density at radius 2 is 1.73 bits per heavy atom. The van der Waals surface area contributed by atoms with E-state index in [2.05, 4.69) is 18.7 Å². The molecule has 0 aromatic heterocycles. The van der Waals surface area contributed by atoms with Gasteiger partial charge in [0.15, 0.2) is 0 Å². The Bertz CT molecular complexity index is 550. The molecule has 1 aliphatic heterocycles. The Morgan fingerprint density at radius 3 is 2.27 bits per heavy atom. The molecule has 2 atom stereocenters. The summed E-state index contributed by atoms with van der Waals surface area (Å²) in [4.78, 5) is 2.75. The molecular formula is C16H26N2O3S. The summed E-state index contributed by atoms with van der Waals surface area (Å²) in [6, 6.07) is 9.10. The standard InChI is InChI=1S/C16H26N2O3S/c1-14-12-17(13-15(2)18(14)10-7-11-21-3)22(19,20)16-8-5-4-6-9-16/h4-6,8-9,14-15H,7,10-13H2,1-3H3. The molecule has 1 saturated heterocycles. The highest BCUT2D eigenvalue weighted by molar-refractivity contribution is 7.89. The molecule has 1 heterocycles. The molecule has 22 heavy (non-hydrogen) atoms. The Labute approximate surface area is 133 Å². The molecule has 2 unspecified atom stereocenters. The minimum absolute atomic E-state index is 0.207. The molecule has 2 rings (SSSR count). The number of nitrogens with zero attached hydrogens (tertiary/aromatic N) is 2. The number of piperazine rings is 1. The number of benzene rings is 1. The molecule has 0 radical (unpaired) electrons. The fourth-order valence-corrected chi connectivity index (χ4v) is 4.70. The third-order valence-electron chi connectivity index (χ3n) is 4.21. The summed E-state index contributed by atoms with van der Waals surface area (Å²) >= 11 is 0. The molecule has 1 aromatic rings. The number of rotatable bonds is 6. The minimum Gasteiger partial charge on any atom is -0.385 e. The van der Waals surface area contributed by atoms with Crippen LogP contribution in [0.25, 0.3) is 0 Å². The van der Waals surface area contributed by atoms with Gasteiger partial charge in [-0.05, 0) is 32.4 Å². The summed E-state index contributed by atoms with van der Waals surface area (Å²) in [6.45, 7) is 6.94. The lowest BCUT2D eigenvalue weighted by Crippen LogP contribution is -2.58. The summed E-state index contributed by atoms with van der Waals surface area (Å²) in [7, 11) is -1.69. The van der Waals surface area contributed by atoms with Gasteiger partial charge in [0.1, 0.15) is 0 Å². The van der Waals surface area contributed by atoms with E-state index in [0.717, 1.165) is 19.6 Å². The topological polar surface area (TPSA) is 49.9 Å². The molecule has 1 aliphatic rings. The summed E-state index contributed by atoms with van der Waals surface area (Å²) in [5.74, 6) is 0. The summed E-state index contributed by atoms with van der Waals surface area (Å²) < 4.78 is 32.2. The van der Waals surface area contributed by atoms with E-state index in [1.54, 1.807) is 35.7 Å². The molecule has 0 aliphatic carbocycles. The molecule has 1 fully saturated rings. The summed E-state index contributed by atoms with van der Waals surface area (Å²) in [5.41, 5.74) is 0. The lowest BCUT2D eigenvalue weighted by atomic mass is 10.1. The zero-order valence-corrected chi connectivity index (χ0v) is 14.4. The average molecular weight is 326 g/mol. The molecule has 0 amide bonds. The van der Waals surface area contributed by atoms with Crippen LogP contribution in [0.1, 0.15) is 20.3 Å². The second-order valence-electron chi connectivity index (χ2n) is 5.92. The SMILES string of the molecule is COCCCN1C(C)CN(S(=O)(=O)c2ccccc2)CC1C. The largest absolute Gasteiger partial charge is 0.385 e. The van der Waals surface area contributed by atoms with Crippen LogP contribution in [0.4, 0.5) is 0 Å². The van der Waals surface area contributed by atoms with Crippen LogP contribution in [0, 0.1) is 0 Å². The number of ether oxygens (including phenoxy) is 1. The van der Waals surface area contributed by atoms with E-state index in [4.69, 9.17) is 4.74 Å². The van der Waals surface area contributed by atoms with Crippen molar-refractivity contribution in [2.75, 3.05) is 33.4 Å². The summed E-state index contributed by atoms with van der Waals surface area (Å²) in [6.07, 6.45) is 0.969. The van der Waals surface area contributed by atoms with Gasteiger partial charge in [-0.2, -0.15) is 4.31 Å². The molecule has 1 aromatic carbocycles. The normalized spacial score (nSPS) is 24.5. The van der Waals surface area contributed by atoms with E-state index in [1.165, 1.54) is 0 Å². The quantitative estimate of drug-likeness (QED) is 0.748. The predicted octanol–water partition coefficient (Wildman–Crippen LogP) is 1.81. The second-order valence-corrected chi connectivity index (χ2v) is 7.86. The van der Waals surface area contributed by atoms with Gasteiger partial charge in [0.2, 0.25) is 10.0 Å². The molecule has 0 spiro atoms. The fraction of sp³-hybridized carbons (Fsp3) is 0.625. The van der Waals surface area contributed by atoms with Crippen molar-refractivity contribution in [3.05, 3.63) is 30.3 Å². The highest BCUT2D eigenvalue weighted by atomic mass is 32.2. The molecular weight excluding hydrogens is 300 g/mol. The highest BCUT2D eigenvalue weighted by Crippen LogP contribution is 2.23. The van der Waals surface area contributed by atoms with Gasteiger partial charge in [-0.25, -0.2) is 8.42 Å². The predicted molar refractivity (Wildman–Crippen MR) is 87.3 cm³/mol. The monoisotopic (exact) mass is 326 g/mol. The van der Waals surface area contributed by atoms with Crippen LogP contribution in [0.3, 0.4) is 0 Å². The first-order valence-electron chi connectivity index (χ1n) is 7.76. The second kappa shape index (κ2) is 7.55. The van der Waals surface area contributed by atoms with Crippen molar-refractivity contribution < 1.29 is 13.2 Å². The number of sulfonamides is 1. The molecule has 6 heteroatoms. The average Bonchev–Trinajstić information content (AvgIpc) is 2.50. The zero-order chi connectivity index (χ0) is 16.2. The van der Waals surface area contributed by atoms with E-state index in [0.29, 0.717) is 18.0 Å². The van der Waals surface area contributed by atoms with Crippen molar-refractivity contribution >= 4 is 10.0 Å². The van der Waals surface area contributed by atoms with Crippen LogP contribution < -0.4 is 0 Å². The van der Waals surface area contributed by atoms with Crippen LogP contribution in [0.15, 0.2) is 35.2 Å². The number of hydrogen-bond donors (Lipinski definition) is 0. The smallest absolute Gasteiger partial charge is 0.243 e. The third-order valence-corrected chi connectivity index (χ3v) is 6.06. The Morgan fingerprint density at radius 1 is 1.14 bits per heavy atom. The van der Waals surface area contributed by atoms with Crippen LogP contribution in [0.5, 0.6) is 0 Å². The van der Waals surface area contributed by atoms with Crippen molar-refractivity contribution in [1.29, 1.82) is 0 Å². The van der Waals surface area contributed by atoms with Gasteiger partial charge in [0, 0.05) is 45.4 Å². The highest BCUT2D eigenvalue weighted by Gasteiger charge is 2.35. The fourth-order valence-electron chi connectivity index (χ4n) is 3.08. The van der Waals surface area contributed by atoms with Crippen LogP contribution in [-0.4, -0.2) is 63.1 Å². The Hall–Kier alpha value is -0.950. The van der Waals surface area contributed by atoms with Gasteiger partial charge in [-0.15, -0.1) is 0 Å². The summed E-state index contributed by atoms with van der Waals surface area (Å²) in [5, 5.41) is 0. The van der Waals surface area contributed by atoms with E-state index in [1.807, 2.05) is 6.07 Å². The maximum Gasteiger partial charge on any atom is 0.243 e. The number of methoxy groups -OCH3 is 1. The Balaban J connectivity index is 2.07. The first kappa shape index (κ1) is 17.4. The number of hydrogen-bond acceptors (Lipinski definition) is 4. The first-order valence-corrected chi connectivity index (χ1v) is 9.20. The van der Waals surface area contributed by atoms with Crippen LogP contribution in [-0.2, 0) is 14.8 Å². The van der Waals surface area contributed by atoms with Crippen molar-refractivity contribution in [3.63, 3.8) is 0 Å². The lowest BCUT2D eigenvalue weighted by molar-refractivity contribution is 0.0666. The van der Waals surface area contributed by atoms with E-state index >= 15 is 0 Å². The first-order chi connectivity index (χ1) is 10.5.